The van der Waals surface area contributed by atoms with E-state index in [0.29, 0.717) is 11.6 Å². The summed E-state index contributed by atoms with van der Waals surface area (Å²) < 4.78 is 0. The molecule has 0 bridgehead atoms. The van der Waals surface area contributed by atoms with Crippen LogP contribution >= 0.6 is 12.4 Å². The molecule has 0 unspecified atom stereocenters. The Hall–Kier alpha value is -1.36. The van der Waals surface area contributed by atoms with Crippen LogP contribution in [-0.4, -0.2) is 22.9 Å². The second-order valence-corrected chi connectivity index (χ2v) is 3.30. The first-order valence-electron chi connectivity index (χ1n) is 4.60. The molecule has 1 amide bonds. The Morgan fingerprint density at radius 1 is 1.40 bits per heavy atom. The molecule has 0 spiro atoms. The molecule has 1 saturated carbocycles. The van der Waals surface area contributed by atoms with E-state index in [1.54, 1.807) is 13.1 Å². The highest BCUT2D eigenvalue weighted by atomic mass is 35.5. The summed E-state index contributed by atoms with van der Waals surface area (Å²) in [5.74, 6) is 1.51. The molecule has 1 aliphatic carbocycles. The van der Waals surface area contributed by atoms with Crippen molar-refractivity contribution in [3.63, 3.8) is 0 Å². The second-order valence-electron chi connectivity index (χ2n) is 3.30. The average molecular weight is 229 g/mol. The van der Waals surface area contributed by atoms with Gasteiger partial charge >= 0.3 is 0 Å². The molecule has 0 radical (unpaired) electrons. The van der Waals surface area contributed by atoms with Crippen molar-refractivity contribution in [1.29, 1.82) is 0 Å². The molecular weight excluding hydrogens is 216 g/mol. The molecule has 1 heterocycles. The highest BCUT2D eigenvalue weighted by Gasteiger charge is 2.29. The third kappa shape index (κ3) is 3.06. The van der Waals surface area contributed by atoms with Gasteiger partial charge in [-0.15, -0.1) is 12.4 Å². The number of carbonyl (C=O) groups excluding carboxylic acids is 1. The Bertz CT molecular complexity index is 354. The van der Waals surface area contributed by atoms with Gasteiger partial charge in [-0.2, -0.15) is 0 Å². The summed E-state index contributed by atoms with van der Waals surface area (Å²) in [4.78, 5) is 19.3. The van der Waals surface area contributed by atoms with E-state index in [2.05, 4.69) is 20.6 Å². The molecule has 1 aromatic heterocycles. The first-order valence-corrected chi connectivity index (χ1v) is 4.60. The van der Waals surface area contributed by atoms with Crippen molar-refractivity contribution in [2.24, 2.45) is 5.92 Å². The van der Waals surface area contributed by atoms with E-state index in [0.717, 1.165) is 12.8 Å². The van der Waals surface area contributed by atoms with Crippen LogP contribution in [0.3, 0.4) is 0 Å². The van der Waals surface area contributed by atoms with Crippen molar-refractivity contribution in [3.8, 4) is 0 Å². The first kappa shape index (κ1) is 11.7. The summed E-state index contributed by atoms with van der Waals surface area (Å²) in [7, 11) is 1.77. The van der Waals surface area contributed by atoms with Crippen LogP contribution < -0.4 is 10.6 Å². The maximum atomic E-state index is 11.4. The fraction of sp³-hybridized carbons (Fsp3) is 0.444. The predicted molar refractivity (Wildman–Crippen MR) is 60.2 cm³/mol. The molecule has 1 fully saturated rings. The largest absolute Gasteiger partial charge is 0.373 e. The number of nitrogens with zero attached hydrogens (tertiary/aromatic N) is 2. The van der Waals surface area contributed by atoms with Crippen molar-refractivity contribution in [2.45, 2.75) is 12.8 Å². The van der Waals surface area contributed by atoms with Gasteiger partial charge in [-0.3, -0.25) is 4.79 Å². The molecule has 0 atom stereocenters. The number of anilines is 2. The Morgan fingerprint density at radius 3 is 2.67 bits per heavy atom. The first-order chi connectivity index (χ1) is 6.79. The number of carbonyl (C=O) groups is 1. The molecule has 82 valence electrons. The molecular formula is C9H13ClN4O. The van der Waals surface area contributed by atoms with Gasteiger partial charge in [0.2, 0.25) is 5.91 Å². The van der Waals surface area contributed by atoms with Crippen LogP contribution in [0.25, 0.3) is 0 Å². The van der Waals surface area contributed by atoms with E-state index in [1.165, 1.54) is 6.33 Å². The molecule has 1 aromatic rings. The van der Waals surface area contributed by atoms with E-state index in [4.69, 9.17) is 0 Å². The minimum absolute atomic E-state index is 0. The fourth-order valence-corrected chi connectivity index (χ4v) is 1.14. The van der Waals surface area contributed by atoms with Gasteiger partial charge in [-0.25, -0.2) is 9.97 Å². The van der Waals surface area contributed by atoms with Gasteiger partial charge in [0.15, 0.2) is 0 Å². The van der Waals surface area contributed by atoms with Crippen molar-refractivity contribution >= 4 is 29.9 Å². The number of aromatic nitrogens is 2. The summed E-state index contributed by atoms with van der Waals surface area (Å²) in [6.07, 6.45) is 3.42. The Balaban J connectivity index is 0.00000112. The van der Waals surface area contributed by atoms with Crippen LogP contribution in [-0.2, 0) is 4.79 Å². The van der Waals surface area contributed by atoms with Crippen molar-refractivity contribution in [2.75, 3.05) is 17.7 Å². The zero-order valence-electron chi connectivity index (χ0n) is 8.36. The lowest BCUT2D eigenvalue weighted by Gasteiger charge is -2.04. The normalized spacial score (nSPS) is 13.9. The van der Waals surface area contributed by atoms with Crippen molar-refractivity contribution in [3.05, 3.63) is 12.4 Å². The number of amides is 1. The third-order valence-electron chi connectivity index (χ3n) is 2.12. The molecule has 2 N–H and O–H groups in total. The monoisotopic (exact) mass is 228 g/mol. The lowest BCUT2D eigenvalue weighted by atomic mass is 10.4. The smallest absolute Gasteiger partial charge is 0.228 e. The van der Waals surface area contributed by atoms with E-state index >= 15 is 0 Å². The van der Waals surface area contributed by atoms with Crippen LogP contribution in [0.15, 0.2) is 12.4 Å². The maximum Gasteiger partial charge on any atom is 0.228 e. The van der Waals surface area contributed by atoms with Gasteiger partial charge in [0, 0.05) is 19.0 Å². The molecule has 1 aliphatic rings. The van der Waals surface area contributed by atoms with Gasteiger partial charge in [-0.1, -0.05) is 0 Å². The molecule has 2 rings (SSSR count). The van der Waals surface area contributed by atoms with Crippen LogP contribution in [0.2, 0.25) is 0 Å². The van der Waals surface area contributed by atoms with Crippen LogP contribution in [0, 0.1) is 5.92 Å². The quantitative estimate of drug-likeness (QED) is 0.818. The molecule has 0 saturated heterocycles. The maximum absolute atomic E-state index is 11.4. The van der Waals surface area contributed by atoms with Crippen LogP contribution in [0.1, 0.15) is 12.8 Å². The van der Waals surface area contributed by atoms with E-state index in [9.17, 15) is 4.79 Å². The third-order valence-corrected chi connectivity index (χ3v) is 2.12. The molecule has 0 aliphatic heterocycles. The van der Waals surface area contributed by atoms with E-state index in [-0.39, 0.29) is 24.2 Å². The molecule has 15 heavy (non-hydrogen) atoms. The zero-order valence-corrected chi connectivity index (χ0v) is 9.17. The Kier molecular flexibility index (Phi) is 3.85. The number of halogens is 1. The van der Waals surface area contributed by atoms with Gasteiger partial charge in [0.1, 0.15) is 18.0 Å². The van der Waals surface area contributed by atoms with Crippen LogP contribution in [0.5, 0.6) is 0 Å². The topological polar surface area (TPSA) is 66.9 Å². The lowest BCUT2D eigenvalue weighted by molar-refractivity contribution is -0.117. The van der Waals surface area contributed by atoms with Crippen molar-refractivity contribution in [1.82, 2.24) is 9.97 Å². The lowest BCUT2D eigenvalue weighted by Crippen LogP contribution is -2.14. The number of hydrogen-bond donors (Lipinski definition) is 2. The van der Waals surface area contributed by atoms with Gasteiger partial charge in [0.05, 0.1) is 0 Å². The Labute approximate surface area is 94.1 Å². The fourth-order valence-electron chi connectivity index (χ4n) is 1.14. The van der Waals surface area contributed by atoms with E-state index in [1.807, 2.05) is 0 Å². The number of hydrogen-bond acceptors (Lipinski definition) is 4. The predicted octanol–water partition coefficient (Wildman–Crippen LogP) is 1.29. The summed E-state index contributed by atoms with van der Waals surface area (Å²) in [5.41, 5.74) is 0. The highest BCUT2D eigenvalue weighted by molar-refractivity contribution is 5.93. The molecule has 6 heteroatoms. The summed E-state index contributed by atoms with van der Waals surface area (Å²) >= 11 is 0. The summed E-state index contributed by atoms with van der Waals surface area (Å²) in [6.45, 7) is 0. The standard InChI is InChI=1S/C9H12N4O.ClH/c1-10-7-4-8(12-5-11-7)13-9(14)6-2-3-6;/h4-6H,2-3H2,1H3,(H2,10,11,12,13,14);1H. The van der Waals surface area contributed by atoms with Crippen LogP contribution in [0.4, 0.5) is 11.6 Å². The van der Waals surface area contributed by atoms with Gasteiger partial charge in [0.25, 0.3) is 0 Å². The minimum atomic E-state index is 0. The Morgan fingerprint density at radius 2 is 2.07 bits per heavy atom. The highest BCUT2D eigenvalue weighted by Crippen LogP contribution is 2.29. The number of rotatable bonds is 3. The summed E-state index contributed by atoms with van der Waals surface area (Å²) in [5, 5.41) is 5.63. The average Bonchev–Trinajstić information content (AvgIpc) is 3.01. The second kappa shape index (κ2) is 4.93. The molecule has 0 aromatic carbocycles. The number of nitrogens with one attached hydrogen (secondary N) is 2. The zero-order chi connectivity index (χ0) is 9.97. The summed E-state index contributed by atoms with van der Waals surface area (Å²) in [6, 6.07) is 1.71. The van der Waals surface area contributed by atoms with Gasteiger partial charge in [-0.05, 0) is 12.8 Å². The SMILES string of the molecule is CNc1cc(NC(=O)C2CC2)ncn1.Cl. The van der Waals surface area contributed by atoms with E-state index < -0.39 is 0 Å². The minimum Gasteiger partial charge on any atom is -0.373 e. The van der Waals surface area contributed by atoms with Gasteiger partial charge < -0.3 is 10.6 Å². The van der Waals surface area contributed by atoms with Crippen molar-refractivity contribution < 1.29 is 4.79 Å². The molecule has 5 nitrogen and oxygen atoms in total.